The first-order chi connectivity index (χ1) is 17.1. The zero-order valence-electron chi connectivity index (χ0n) is 19.6. The van der Waals surface area contributed by atoms with E-state index in [-0.39, 0.29) is 5.91 Å². The minimum Gasteiger partial charge on any atom is -0.340 e. The van der Waals surface area contributed by atoms with Crippen LogP contribution in [0, 0.1) is 6.92 Å². The Labute approximate surface area is 206 Å². The lowest BCUT2D eigenvalue weighted by Crippen LogP contribution is -2.21. The molecule has 0 aliphatic heterocycles. The van der Waals surface area contributed by atoms with Gasteiger partial charge in [0.15, 0.2) is 5.82 Å². The maximum absolute atomic E-state index is 12.5. The molecule has 0 bridgehead atoms. The fraction of sp³-hybridized carbons (Fsp3) is 0.231. The second-order valence-corrected chi connectivity index (χ2v) is 9.20. The van der Waals surface area contributed by atoms with E-state index in [1.165, 1.54) is 35.1 Å². The molecule has 2 N–H and O–H groups in total. The third kappa shape index (κ3) is 4.87. The first kappa shape index (κ1) is 22.9. The van der Waals surface area contributed by atoms with Crippen molar-refractivity contribution in [2.24, 2.45) is 0 Å². The fourth-order valence-electron chi connectivity index (χ4n) is 4.46. The predicted molar refractivity (Wildman–Crippen MR) is 136 cm³/mol. The van der Waals surface area contributed by atoms with Crippen molar-refractivity contribution in [2.45, 2.75) is 32.7 Å². The summed E-state index contributed by atoms with van der Waals surface area (Å²) < 4.78 is 2.32. The summed E-state index contributed by atoms with van der Waals surface area (Å²) in [5.41, 5.74) is 10.2. The molecule has 1 amide bonds. The number of fused-ring (bicyclic) bond motifs is 1. The molecule has 0 unspecified atom stereocenters. The van der Waals surface area contributed by atoms with Gasteiger partial charge < -0.3 is 4.57 Å². The first-order valence-electron chi connectivity index (χ1n) is 11.4. The van der Waals surface area contributed by atoms with Gasteiger partial charge in [-0.25, -0.2) is 5.48 Å². The second kappa shape index (κ2) is 10.2. The molecule has 3 aromatic heterocycles. The molecule has 9 heteroatoms. The number of hydrogen-bond acceptors (Lipinski definition) is 6. The molecule has 2 aromatic carbocycles. The van der Waals surface area contributed by atoms with E-state index in [0.717, 1.165) is 23.7 Å². The molecule has 8 nitrogen and oxygen atoms in total. The van der Waals surface area contributed by atoms with Gasteiger partial charge in [-0.05, 0) is 60.5 Å². The van der Waals surface area contributed by atoms with Crippen LogP contribution in [0.3, 0.4) is 0 Å². The molecule has 0 fully saturated rings. The number of nitrogens with zero attached hydrogens (tertiary/aromatic N) is 4. The van der Waals surface area contributed by atoms with Gasteiger partial charge in [-0.2, -0.15) is 16.6 Å². The highest BCUT2D eigenvalue weighted by molar-refractivity contribution is 7.08. The molecule has 178 valence electrons. The van der Waals surface area contributed by atoms with E-state index in [1.807, 2.05) is 18.2 Å². The van der Waals surface area contributed by atoms with Crippen molar-refractivity contribution in [1.82, 2.24) is 30.7 Å². The molecule has 3 heterocycles. The van der Waals surface area contributed by atoms with Crippen LogP contribution in [-0.4, -0.2) is 38.2 Å². The smallest absolute Gasteiger partial charge is 0.274 e. The minimum absolute atomic E-state index is 0.268. The van der Waals surface area contributed by atoms with Crippen LogP contribution in [0.4, 0.5) is 0 Å². The van der Waals surface area contributed by atoms with Gasteiger partial charge >= 0.3 is 0 Å². The van der Waals surface area contributed by atoms with Crippen LogP contribution in [0.2, 0.25) is 0 Å². The van der Waals surface area contributed by atoms with Gasteiger partial charge in [0.25, 0.3) is 5.91 Å². The number of nitrogens with one attached hydrogen (secondary N) is 2. The number of H-pyrrole nitrogens is 1. The van der Waals surface area contributed by atoms with Crippen molar-refractivity contribution < 1.29 is 9.63 Å². The third-order valence-corrected chi connectivity index (χ3v) is 6.84. The zero-order valence-corrected chi connectivity index (χ0v) is 20.4. The van der Waals surface area contributed by atoms with Gasteiger partial charge in [0, 0.05) is 40.4 Å². The number of hydrogen-bond donors (Lipinski definition) is 2. The molecule has 0 aliphatic carbocycles. The van der Waals surface area contributed by atoms with E-state index in [1.54, 1.807) is 11.3 Å². The number of aryl methyl sites for hydroxylation is 5. The number of aromatic amines is 1. The predicted octanol–water partition coefficient (Wildman–Crippen LogP) is 4.51. The van der Waals surface area contributed by atoms with Crippen LogP contribution in [0.25, 0.3) is 22.2 Å². The summed E-state index contributed by atoms with van der Waals surface area (Å²) in [4.78, 5) is 17.4. The van der Waals surface area contributed by atoms with E-state index in [2.05, 4.69) is 78.7 Å². The van der Waals surface area contributed by atoms with Crippen molar-refractivity contribution >= 4 is 28.1 Å². The average Bonchev–Trinajstić information content (AvgIpc) is 3.63. The van der Waals surface area contributed by atoms with Crippen LogP contribution in [0.15, 0.2) is 59.3 Å². The minimum atomic E-state index is -0.268. The normalized spacial score (nSPS) is 11.3. The third-order valence-electron chi connectivity index (χ3n) is 6.15. The first-order valence-corrected chi connectivity index (χ1v) is 12.4. The summed E-state index contributed by atoms with van der Waals surface area (Å²) in [7, 11) is 1.44. The number of carbonyl (C=O) groups excluding carboxylic acids is 1. The van der Waals surface area contributed by atoms with E-state index in [0.29, 0.717) is 24.4 Å². The summed E-state index contributed by atoms with van der Waals surface area (Å²) >= 11 is 1.67. The number of hydroxylamine groups is 1. The standard InChI is InChI=1S/C26H26N6O2S/c1-17-3-5-18(6-4-17)7-9-21-22-15-19(26(33)29-34-2)8-10-23(22)32(13-11-24-27-30-31-28-24)25(21)20-12-14-35-16-20/h3-6,8,10,12,14-16H,7,9,11,13H2,1-2H3,(H,29,33)(H,27,28,30,31). The summed E-state index contributed by atoms with van der Waals surface area (Å²) in [6, 6.07) is 16.6. The highest BCUT2D eigenvalue weighted by Gasteiger charge is 2.21. The molecular formula is C26H26N6O2S. The molecule has 0 aliphatic rings. The highest BCUT2D eigenvalue weighted by Crippen LogP contribution is 2.36. The quantitative estimate of drug-likeness (QED) is 0.299. The molecule has 35 heavy (non-hydrogen) atoms. The number of amides is 1. The SMILES string of the molecule is CONC(=O)c1ccc2c(c1)c(CCc1ccc(C)cc1)c(-c1ccsc1)n2CCc1nn[nH]n1. The molecule has 0 saturated heterocycles. The number of carbonyl (C=O) groups is 1. The van der Waals surface area contributed by atoms with E-state index < -0.39 is 0 Å². The number of benzene rings is 2. The van der Waals surface area contributed by atoms with Crippen LogP contribution >= 0.6 is 11.3 Å². The summed E-state index contributed by atoms with van der Waals surface area (Å²) in [6.45, 7) is 2.79. The molecule has 0 spiro atoms. The molecular weight excluding hydrogens is 460 g/mol. The summed E-state index contributed by atoms with van der Waals surface area (Å²) in [6.07, 6.45) is 2.38. The lowest BCUT2D eigenvalue weighted by atomic mass is 9.98. The number of rotatable bonds is 9. The fourth-order valence-corrected chi connectivity index (χ4v) is 5.10. The van der Waals surface area contributed by atoms with Crippen LogP contribution in [0.1, 0.15) is 32.9 Å². The van der Waals surface area contributed by atoms with E-state index in [9.17, 15) is 4.79 Å². The Balaban J connectivity index is 1.63. The number of tetrazole rings is 1. The maximum atomic E-state index is 12.5. The summed E-state index contributed by atoms with van der Waals surface area (Å²) in [5.74, 6) is 0.399. The Kier molecular flexibility index (Phi) is 6.69. The lowest BCUT2D eigenvalue weighted by Gasteiger charge is -2.11. The van der Waals surface area contributed by atoms with Gasteiger partial charge in [0.1, 0.15) is 0 Å². The van der Waals surface area contributed by atoms with Crippen molar-refractivity contribution in [3.8, 4) is 11.3 Å². The van der Waals surface area contributed by atoms with Gasteiger partial charge in [0.05, 0.1) is 12.8 Å². The molecule has 0 radical (unpaired) electrons. The topological polar surface area (TPSA) is 97.7 Å². The van der Waals surface area contributed by atoms with Gasteiger partial charge in [-0.15, -0.1) is 10.2 Å². The molecule has 0 atom stereocenters. The van der Waals surface area contributed by atoms with Crippen LogP contribution in [-0.2, 0) is 30.6 Å². The Morgan fingerprint density at radius 2 is 1.97 bits per heavy atom. The average molecular weight is 487 g/mol. The highest BCUT2D eigenvalue weighted by atomic mass is 32.1. The Hall–Kier alpha value is -3.82. The van der Waals surface area contributed by atoms with Crippen molar-refractivity contribution in [2.75, 3.05) is 7.11 Å². The zero-order chi connectivity index (χ0) is 24.2. The summed E-state index contributed by atoms with van der Waals surface area (Å²) in [5, 5.41) is 19.8. The van der Waals surface area contributed by atoms with E-state index in [4.69, 9.17) is 4.84 Å². The monoisotopic (exact) mass is 486 g/mol. The largest absolute Gasteiger partial charge is 0.340 e. The van der Waals surface area contributed by atoms with Crippen molar-refractivity contribution in [3.63, 3.8) is 0 Å². The molecule has 0 saturated carbocycles. The Morgan fingerprint density at radius 3 is 2.69 bits per heavy atom. The van der Waals surface area contributed by atoms with Crippen LogP contribution < -0.4 is 5.48 Å². The van der Waals surface area contributed by atoms with Crippen LogP contribution in [0.5, 0.6) is 0 Å². The van der Waals surface area contributed by atoms with E-state index >= 15 is 0 Å². The lowest BCUT2D eigenvalue weighted by molar-refractivity contribution is 0.0538. The molecule has 5 aromatic rings. The van der Waals surface area contributed by atoms with Crippen molar-refractivity contribution in [3.05, 3.63) is 87.4 Å². The Bertz CT molecular complexity index is 1420. The van der Waals surface area contributed by atoms with Gasteiger partial charge in [-0.3, -0.25) is 9.63 Å². The van der Waals surface area contributed by atoms with Gasteiger partial charge in [-0.1, -0.05) is 35.0 Å². The molecule has 5 rings (SSSR count). The maximum Gasteiger partial charge on any atom is 0.274 e. The van der Waals surface area contributed by atoms with Gasteiger partial charge in [0.2, 0.25) is 0 Å². The van der Waals surface area contributed by atoms with Crippen molar-refractivity contribution in [1.29, 1.82) is 0 Å². The second-order valence-electron chi connectivity index (χ2n) is 8.42. The Morgan fingerprint density at radius 1 is 1.11 bits per heavy atom. The number of aromatic nitrogens is 5. The number of thiophene rings is 1.